The Balaban J connectivity index is 1.74. The summed E-state index contributed by atoms with van der Waals surface area (Å²) in [5.74, 6) is -0.103. The molecule has 1 aliphatic carbocycles. The van der Waals surface area contributed by atoms with Gasteiger partial charge in [0.1, 0.15) is 11.6 Å². The molecule has 0 radical (unpaired) electrons. The molecule has 3 nitrogen and oxygen atoms in total. The normalized spacial score (nSPS) is 16.7. The van der Waals surface area contributed by atoms with Crippen LogP contribution in [0.1, 0.15) is 38.5 Å². The zero-order chi connectivity index (χ0) is 13.5. The highest BCUT2D eigenvalue weighted by Crippen LogP contribution is 2.17. The van der Waals surface area contributed by atoms with Crippen LogP contribution in [-0.2, 0) is 4.79 Å². The highest BCUT2D eigenvalue weighted by atomic mass is 19.1. The fraction of sp³-hybridized carbons (Fsp3) is 0.533. The highest BCUT2D eigenvalue weighted by molar-refractivity contribution is 5.77. The number of nitrogens with one attached hydrogen (secondary N) is 1. The molecule has 0 atom stereocenters. The minimum Gasteiger partial charge on any atom is -0.484 e. The standard InChI is InChI=1S/C15H20FNO2/c16-12-6-5-9-14(10-12)19-11-15(18)17-13-7-3-1-2-4-8-13/h5-6,9-10,13H,1-4,7-8,11H2,(H,17,18). The van der Waals surface area contributed by atoms with E-state index in [4.69, 9.17) is 4.74 Å². The Hall–Kier alpha value is -1.58. The average molecular weight is 265 g/mol. The second kappa shape index (κ2) is 7.12. The molecular weight excluding hydrogens is 245 g/mol. The van der Waals surface area contributed by atoms with Crippen LogP contribution in [0.5, 0.6) is 5.75 Å². The number of rotatable bonds is 4. The van der Waals surface area contributed by atoms with Crippen molar-refractivity contribution in [1.29, 1.82) is 0 Å². The van der Waals surface area contributed by atoms with Gasteiger partial charge in [-0.15, -0.1) is 0 Å². The van der Waals surface area contributed by atoms with Crippen LogP contribution in [-0.4, -0.2) is 18.6 Å². The van der Waals surface area contributed by atoms with E-state index in [1.165, 1.54) is 37.8 Å². The van der Waals surface area contributed by atoms with Crippen LogP contribution in [0.25, 0.3) is 0 Å². The smallest absolute Gasteiger partial charge is 0.258 e. The largest absolute Gasteiger partial charge is 0.484 e. The molecule has 0 aromatic heterocycles. The van der Waals surface area contributed by atoms with Crippen molar-refractivity contribution < 1.29 is 13.9 Å². The van der Waals surface area contributed by atoms with Gasteiger partial charge in [-0.1, -0.05) is 31.7 Å². The summed E-state index contributed by atoms with van der Waals surface area (Å²) in [7, 11) is 0. The van der Waals surface area contributed by atoms with E-state index in [0.29, 0.717) is 5.75 Å². The van der Waals surface area contributed by atoms with Crippen molar-refractivity contribution in [3.8, 4) is 5.75 Å². The molecule has 19 heavy (non-hydrogen) atoms. The maximum absolute atomic E-state index is 12.9. The van der Waals surface area contributed by atoms with Crippen molar-refractivity contribution in [2.45, 2.75) is 44.6 Å². The first-order chi connectivity index (χ1) is 9.24. The molecule has 0 bridgehead atoms. The molecule has 1 aromatic rings. The second-order valence-corrected chi connectivity index (χ2v) is 5.00. The number of carbonyl (C=O) groups excluding carboxylic acids is 1. The van der Waals surface area contributed by atoms with Gasteiger partial charge in [0.05, 0.1) is 0 Å². The first-order valence-electron chi connectivity index (χ1n) is 6.92. The average Bonchev–Trinajstić information content (AvgIpc) is 2.65. The number of halogens is 1. The summed E-state index contributed by atoms with van der Waals surface area (Å²) in [5.41, 5.74) is 0. The fourth-order valence-electron chi connectivity index (χ4n) is 2.40. The minimum atomic E-state index is -0.360. The van der Waals surface area contributed by atoms with Crippen molar-refractivity contribution in [2.24, 2.45) is 0 Å². The van der Waals surface area contributed by atoms with E-state index in [0.717, 1.165) is 12.8 Å². The summed E-state index contributed by atoms with van der Waals surface area (Å²) in [4.78, 5) is 11.8. The molecule has 0 unspecified atom stereocenters. The van der Waals surface area contributed by atoms with Crippen LogP contribution < -0.4 is 10.1 Å². The predicted molar refractivity (Wildman–Crippen MR) is 71.5 cm³/mol. The van der Waals surface area contributed by atoms with Crippen LogP contribution in [0.15, 0.2) is 24.3 Å². The topological polar surface area (TPSA) is 38.3 Å². The lowest BCUT2D eigenvalue weighted by Gasteiger charge is -2.16. The lowest BCUT2D eigenvalue weighted by atomic mass is 10.1. The molecule has 104 valence electrons. The molecule has 0 aliphatic heterocycles. The lowest BCUT2D eigenvalue weighted by molar-refractivity contribution is -0.123. The van der Waals surface area contributed by atoms with E-state index in [2.05, 4.69) is 5.32 Å². The van der Waals surface area contributed by atoms with Gasteiger partial charge in [-0.2, -0.15) is 0 Å². The van der Waals surface area contributed by atoms with Crippen LogP contribution in [0.4, 0.5) is 4.39 Å². The Labute approximate surface area is 113 Å². The molecule has 1 aromatic carbocycles. The minimum absolute atomic E-state index is 0.0556. The molecule has 0 heterocycles. The van der Waals surface area contributed by atoms with Gasteiger partial charge in [-0.05, 0) is 25.0 Å². The van der Waals surface area contributed by atoms with Gasteiger partial charge < -0.3 is 10.1 Å². The van der Waals surface area contributed by atoms with Gasteiger partial charge in [0, 0.05) is 12.1 Å². The maximum atomic E-state index is 12.9. The Kier molecular flexibility index (Phi) is 5.19. The SMILES string of the molecule is O=C(COc1cccc(F)c1)NC1CCCCCC1. The van der Waals surface area contributed by atoms with Crippen molar-refractivity contribution >= 4 is 5.91 Å². The molecule has 0 spiro atoms. The number of hydrogen-bond donors (Lipinski definition) is 1. The molecule has 0 saturated heterocycles. The Morgan fingerprint density at radius 1 is 1.26 bits per heavy atom. The monoisotopic (exact) mass is 265 g/mol. The lowest BCUT2D eigenvalue weighted by Crippen LogP contribution is -2.37. The van der Waals surface area contributed by atoms with Gasteiger partial charge in [-0.3, -0.25) is 4.79 Å². The third-order valence-corrected chi connectivity index (χ3v) is 3.39. The first kappa shape index (κ1) is 13.8. The van der Waals surface area contributed by atoms with Gasteiger partial charge in [0.25, 0.3) is 5.91 Å². The van der Waals surface area contributed by atoms with Crippen LogP contribution in [0, 0.1) is 5.82 Å². The Bertz CT molecular complexity index is 414. The summed E-state index contributed by atoms with van der Waals surface area (Å²) in [5, 5.41) is 2.99. The number of hydrogen-bond acceptors (Lipinski definition) is 2. The van der Waals surface area contributed by atoms with Gasteiger partial charge in [0.15, 0.2) is 6.61 Å². The van der Waals surface area contributed by atoms with E-state index in [1.54, 1.807) is 12.1 Å². The number of amides is 1. The van der Waals surface area contributed by atoms with Crippen molar-refractivity contribution in [1.82, 2.24) is 5.32 Å². The Morgan fingerprint density at radius 2 is 2.00 bits per heavy atom. The van der Waals surface area contributed by atoms with Crippen molar-refractivity contribution in [2.75, 3.05) is 6.61 Å². The molecule has 2 rings (SSSR count). The second-order valence-electron chi connectivity index (χ2n) is 5.00. The molecule has 1 amide bonds. The van der Waals surface area contributed by atoms with E-state index < -0.39 is 0 Å². The third-order valence-electron chi connectivity index (χ3n) is 3.39. The Morgan fingerprint density at radius 3 is 2.68 bits per heavy atom. The predicted octanol–water partition coefficient (Wildman–Crippen LogP) is 3.04. The van der Waals surface area contributed by atoms with E-state index in [-0.39, 0.29) is 24.4 Å². The molecule has 1 fully saturated rings. The molecule has 1 aliphatic rings. The van der Waals surface area contributed by atoms with Crippen molar-refractivity contribution in [3.63, 3.8) is 0 Å². The summed E-state index contributed by atoms with van der Waals surface area (Å²) in [6.45, 7) is -0.0556. The number of carbonyl (C=O) groups is 1. The van der Waals surface area contributed by atoms with Crippen LogP contribution in [0.3, 0.4) is 0 Å². The fourth-order valence-corrected chi connectivity index (χ4v) is 2.40. The molecular formula is C15H20FNO2. The molecule has 1 N–H and O–H groups in total. The van der Waals surface area contributed by atoms with E-state index >= 15 is 0 Å². The van der Waals surface area contributed by atoms with Gasteiger partial charge in [0.2, 0.25) is 0 Å². The quantitative estimate of drug-likeness (QED) is 0.850. The number of ether oxygens (including phenoxy) is 1. The van der Waals surface area contributed by atoms with Crippen LogP contribution in [0.2, 0.25) is 0 Å². The summed E-state index contributed by atoms with van der Waals surface area (Å²) >= 11 is 0. The van der Waals surface area contributed by atoms with Crippen LogP contribution >= 0.6 is 0 Å². The van der Waals surface area contributed by atoms with Gasteiger partial charge >= 0.3 is 0 Å². The zero-order valence-electron chi connectivity index (χ0n) is 11.0. The summed E-state index contributed by atoms with van der Waals surface area (Å²) in [6, 6.07) is 6.10. The number of benzene rings is 1. The molecule has 1 saturated carbocycles. The molecule has 4 heteroatoms. The summed E-state index contributed by atoms with van der Waals surface area (Å²) < 4.78 is 18.2. The highest BCUT2D eigenvalue weighted by Gasteiger charge is 2.14. The van der Waals surface area contributed by atoms with E-state index in [9.17, 15) is 9.18 Å². The van der Waals surface area contributed by atoms with Gasteiger partial charge in [-0.25, -0.2) is 4.39 Å². The maximum Gasteiger partial charge on any atom is 0.258 e. The third kappa shape index (κ3) is 4.89. The summed E-state index contributed by atoms with van der Waals surface area (Å²) in [6.07, 6.45) is 6.96. The zero-order valence-corrected chi connectivity index (χ0v) is 11.0. The first-order valence-corrected chi connectivity index (χ1v) is 6.92. The van der Waals surface area contributed by atoms with E-state index in [1.807, 2.05) is 0 Å². The van der Waals surface area contributed by atoms with Crippen molar-refractivity contribution in [3.05, 3.63) is 30.1 Å².